The lowest BCUT2D eigenvalue weighted by atomic mass is 9.85. The normalized spacial score (nSPS) is 22.7. The molecule has 7 nitrogen and oxygen atoms in total. The molecule has 7 rings (SSSR count). The van der Waals surface area contributed by atoms with Crippen molar-refractivity contribution in [2.75, 3.05) is 4.90 Å². The second kappa shape index (κ2) is 10.3. The molecular weight excluding hydrogens is 564 g/mol. The zero-order valence-corrected chi connectivity index (χ0v) is 24.2. The number of carbonyl (C=O) groups is 4. The van der Waals surface area contributed by atoms with Crippen LogP contribution in [-0.2, 0) is 14.3 Å². The van der Waals surface area contributed by atoms with Gasteiger partial charge in [-0.3, -0.25) is 19.3 Å². The van der Waals surface area contributed by atoms with Gasteiger partial charge in [-0.1, -0.05) is 59.6 Å². The molecule has 2 amide bonds. The van der Waals surface area contributed by atoms with Crippen LogP contribution in [0.3, 0.4) is 0 Å². The van der Waals surface area contributed by atoms with Crippen molar-refractivity contribution in [2.45, 2.75) is 26.4 Å². The van der Waals surface area contributed by atoms with Crippen molar-refractivity contribution in [1.82, 2.24) is 4.98 Å². The number of nitrogens with zero attached hydrogens (tertiary/aromatic N) is 2. The van der Waals surface area contributed by atoms with E-state index in [2.05, 4.69) is 12.2 Å². The van der Waals surface area contributed by atoms with Crippen LogP contribution >= 0.6 is 11.6 Å². The van der Waals surface area contributed by atoms with E-state index in [1.165, 1.54) is 17.9 Å². The molecule has 8 heteroatoms. The van der Waals surface area contributed by atoms with Gasteiger partial charge in [-0.15, -0.1) is 0 Å². The third-order valence-electron chi connectivity index (χ3n) is 8.84. The third kappa shape index (κ3) is 4.55. The second-order valence-electron chi connectivity index (χ2n) is 11.6. The highest BCUT2D eigenvalue weighted by Crippen LogP contribution is 2.53. The smallest absolute Gasteiger partial charge is 0.339 e. The number of Topliss-reactive ketones (excluding diaryl/α,β-unsaturated/α-hetero) is 1. The Balaban J connectivity index is 1.18. The van der Waals surface area contributed by atoms with Crippen LogP contribution in [0.15, 0.2) is 84.9 Å². The highest BCUT2D eigenvalue weighted by atomic mass is 35.5. The number of imide groups is 1. The number of ether oxygens (including phenoxy) is 1. The van der Waals surface area contributed by atoms with E-state index in [1.807, 2.05) is 25.1 Å². The number of amides is 2. The van der Waals surface area contributed by atoms with Crippen LogP contribution in [0.5, 0.6) is 0 Å². The minimum Gasteiger partial charge on any atom is -0.451 e. The Labute approximate surface area is 253 Å². The molecule has 2 bridgehead atoms. The fraction of sp³-hybridized carbons (Fsp3) is 0.229. The Morgan fingerprint density at radius 3 is 2.30 bits per heavy atom. The summed E-state index contributed by atoms with van der Waals surface area (Å²) >= 11 is 6.04. The fourth-order valence-corrected chi connectivity index (χ4v) is 6.94. The average molecular weight is 591 g/mol. The van der Waals surface area contributed by atoms with Crippen molar-refractivity contribution < 1.29 is 23.9 Å². The van der Waals surface area contributed by atoms with E-state index >= 15 is 0 Å². The Morgan fingerprint density at radius 1 is 0.930 bits per heavy atom. The first kappa shape index (κ1) is 27.2. The number of benzene rings is 3. The number of hydrogen-bond acceptors (Lipinski definition) is 6. The minimum absolute atomic E-state index is 0.134. The van der Waals surface area contributed by atoms with Gasteiger partial charge in [0.2, 0.25) is 17.6 Å². The summed E-state index contributed by atoms with van der Waals surface area (Å²) in [6, 6.07) is 20.8. The molecule has 1 saturated carbocycles. The maximum atomic E-state index is 13.5. The molecule has 2 fully saturated rings. The van der Waals surface area contributed by atoms with E-state index in [-0.39, 0.29) is 46.8 Å². The third-order valence-corrected chi connectivity index (χ3v) is 9.07. The predicted molar refractivity (Wildman–Crippen MR) is 163 cm³/mol. The molecule has 1 aliphatic heterocycles. The average Bonchev–Trinajstić information content (AvgIpc) is 3.69. The van der Waals surface area contributed by atoms with Gasteiger partial charge in [0.25, 0.3) is 0 Å². The molecule has 3 aliphatic rings. The van der Waals surface area contributed by atoms with Crippen LogP contribution in [0.1, 0.15) is 39.6 Å². The van der Waals surface area contributed by atoms with Gasteiger partial charge in [0.1, 0.15) is 0 Å². The summed E-state index contributed by atoms with van der Waals surface area (Å²) in [6.45, 7) is 3.45. The van der Waals surface area contributed by atoms with Crippen molar-refractivity contribution in [3.8, 4) is 11.3 Å². The van der Waals surface area contributed by atoms with E-state index in [0.717, 1.165) is 12.0 Å². The largest absolute Gasteiger partial charge is 0.451 e. The molecule has 0 radical (unpaired) electrons. The summed E-state index contributed by atoms with van der Waals surface area (Å²) in [6.07, 6.45) is 3.99. The lowest BCUT2D eigenvalue weighted by Gasteiger charge is -2.18. The van der Waals surface area contributed by atoms with Crippen LogP contribution in [0.4, 0.5) is 5.69 Å². The fourth-order valence-electron chi connectivity index (χ4n) is 6.75. The van der Waals surface area contributed by atoms with E-state index in [9.17, 15) is 19.2 Å². The van der Waals surface area contributed by atoms with Crippen molar-refractivity contribution >= 4 is 51.8 Å². The van der Waals surface area contributed by atoms with E-state index in [1.54, 1.807) is 48.5 Å². The molecule has 214 valence electrons. The standard InChI is InChI=1S/C35H27ClN2O5/c1-18-6-13-28-26(14-18)27(35(42)43-19(2)32(39)23-4-3-5-24(36)16-23)17-29(37-28)20-9-11-25(12-10-20)38-33(40)30-21-7-8-22(15-21)31(30)34(38)41/h3-14,16-17,19,21-22,30-31H,15H2,1-2H3. The Kier molecular flexibility index (Phi) is 6.51. The summed E-state index contributed by atoms with van der Waals surface area (Å²) in [5.74, 6) is -1.54. The quantitative estimate of drug-likeness (QED) is 0.109. The Hall–Kier alpha value is -4.62. The number of ketones is 1. The summed E-state index contributed by atoms with van der Waals surface area (Å²) in [7, 11) is 0. The monoisotopic (exact) mass is 590 g/mol. The van der Waals surface area contributed by atoms with Gasteiger partial charge in [0.15, 0.2) is 6.10 Å². The maximum absolute atomic E-state index is 13.5. The number of hydrogen-bond donors (Lipinski definition) is 0. The molecule has 0 N–H and O–H groups in total. The highest BCUT2D eigenvalue weighted by Gasteiger charge is 2.59. The van der Waals surface area contributed by atoms with Crippen LogP contribution in [0.2, 0.25) is 5.02 Å². The van der Waals surface area contributed by atoms with E-state index in [0.29, 0.717) is 38.4 Å². The van der Waals surface area contributed by atoms with Gasteiger partial charge in [0.05, 0.1) is 34.3 Å². The number of aromatic nitrogens is 1. The van der Waals surface area contributed by atoms with Gasteiger partial charge in [-0.05, 0) is 74.6 Å². The van der Waals surface area contributed by atoms with Gasteiger partial charge < -0.3 is 4.74 Å². The van der Waals surface area contributed by atoms with Crippen LogP contribution in [-0.4, -0.2) is 34.7 Å². The molecule has 2 aliphatic carbocycles. The first-order valence-electron chi connectivity index (χ1n) is 14.3. The molecule has 2 heterocycles. The number of allylic oxidation sites excluding steroid dienone is 2. The lowest BCUT2D eigenvalue weighted by Crippen LogP contribution is -2.32. The number of pyridine rings is 1. The lowest BCUT2D eigenvalue weighted by molar-refractivity contribution is -0.123. The maximum Gasteiger partial charge on any atom is 0.339 e. The zero-order chi connectivity index (χ0) is 30.0. The first-order valence-corrected chi connectivity index (χ1v) is 14.7. The van der Waals surface area contributed by atoms with Crippen molar-refractivity contribution in [3.63, 3.8) is 0 Å². The number of rotatable bonds is 6. The molecular formula is C35H27ClN2O5. The number of halogens is 1. The first-order chi connectivity index (χ1) is 20.7. The minimum atomic E-state index is -1.04. The van der Waals surface area contributed by atoms with Gasteiger partial charge in [0, 0.05) is 21.5 Å². The van der Waals surface area contributed by atoms with Gasteiger partial charge in [-0.25, -0.2) is 9.78 Å². The molecule has 4 aromatic rings. The second-order valence-corrected chi connectivity index (χ2v) is 12.0. The summed E-state index contributed by atoms with van der Waals surface area (Å²) in [5.41, 5.74) is 3.90. The number of aryl methyl sites for hydroxylation is 1. The summed E-state index contributed by atoms with van der Waals surface area (Å²) < 4.78 is 5.65. The van der Waals surface area contributed by atoms with E-state index in [4.69, 9.17) is 21.3 Å². The highest BCUT2D eigenvalue weighted by molar-refractivity contribution is 6.31. The van der Waals surface area contributed by atoms with Crippen LogP contribution < -0.4 is 4.90 Å². The summed E-state index contributed by atoms with van der Waals surface area (Å²) in [5, 5.41) is 1.02. The van der Waals surface area contributed by atoms with Crippen LogP contribution in [0, 0.1) is 30.6 Å². The topological polar surface area (TPSA) is 93.6 Å². The van der Waals surface area contributed by atoms with E-state index < -0.39 is 12.1 Å². The number of anilines is 1. The molecule has 5 atom stereocenters. The molecule has 0 spiro atoms. The molecule has 1 saturated heterocycles. The number of esters is 1. The Morgan fingerprint density at radius 2 is 1.63 bits per heavy atom. The van der Waals surface area contributed by atoms with Crippen molar-refractivity contribution in [1.29, 1.82) is 0 Å². The van der Waals surface area contributed by atoms with Crippen molar-refractivity contribution in [3.05, 3.63) is 107 Å². The van der Waals surface area contributed by atoms with Crippen LogP contribution in [0.25, 0.3) is 22.2 Å². The Bertz CT molecular complexity index is 1850. The molecule has 1 aromatic heterocycles. The zero-order valence-electron chi connectivity index (χ0n) is 23.5. The van der Waals surface area contributed by atoms with Crippen molar-refractivity contribution in [2.24, 2.45) is 23.7 Å². The number of fused-ring (bicyclic) bond motifs is 6. The molecule has 5 unspecified atom stereocenters. The van der Waals surface area contributed by atoms with Gasteiger partial charge in [-0.2, -0.15) is 0 Å². The SMILES string of the molecule is Cc1ccc2nc(-c3ccc(N4C(=O)C5C6C=CC(C6)C5C4=O)cc3)cc(C(=O)OC(C)C(=O)c3cccc(Cl)c3)c2c1. The number of carbonyl (C=O) groups excluding carboxylic acids is 4. The summed E-state index contributed by atoms with van der Waals surface area (Å²) in [4.78, 5) is 59.1. The van der Waals surface area contributed by atoms with Gasteiger partial charge >= 0.3 is 5.97 Å². The molecule has 3 aromatic carbocycles. The molecule has 43 heavy (non-hydrogen) atoms. The predicted octanol–water partition coefficient (Wildman–Crippen LogP) is 6.60.